The largest absolute Gasteiger partial charge is 0.465 e. The van der Waals surface area contributed by atoms with Crippen molar-refractivity contribution in [2.75, 3.05) is 19.8 Å². The van der Waals surface area contributed by atoms with E-state index in [0.717, 1.165) is 12.8 Å². The molecule has 0 aromatic rings. The molecule has 18 heavy (non-hydrogen) atoms. The SMILES string of the molecule is NCCCCC(N)C(=O)OCCCCON(O)O. The van der Waals surface area contributed by atoms with Crippen molar-refractivity contribution in [2.24, 2.45) is 11.5 Å². The standard InChI is InChI=1S/C10H23N3O5/c11-6-2-1-5-9(12)10(14)17-7-3-4-8-18-13(15)16/h9,15-16H,1-8,11-12H2. The normalized spacial score (nSPS) is 12.7. The van der Waals surface area contributed by atoms with Gasteiger partial charge in [-0.2, -0.15) is 0 Å². The van der Waals surface area contributed by atoms with Gasteiger partial charge in [0.2, 0.25) is 0 Å². The monoisotopic (exact) mass is 265 g/mol. The van der Waals surface area contributed by atoms with Crippen LogP contribution < -0.4 is 11.5 Å². The Bertz CT molecular complexity index is 216. The lowest BCUT2D eigenvalue weighted by atomic mass is 10.1. The molecule has 0 spiro atoms. The van der Waals surface area contributed by atoms with Gasteiger partial charge in [-0.05, 0) is 32.2 Å². The highest BCUT2D eigenvalue weighted by atomic mass is 17.1. The van der Waals surface area contributed by atoms with Gasteiger partial charge in [-0.25, -0.2) is 0 Å². The molecule has 0 radical (unpaired) electrons. The lowest BCUT2D eigenvalue weighted by molar-refractivity contribution is -0.492. The molecule has 0 saturated heterocycles. The summed E-state index contributed by atoms with van der Waals surface area (Å²) in [6.45, 7) is 0.964. The van der Waals surface area contributed by atoms with Crippen LogP contribution in [0.25, 0.3) is 0 Å². The molecular formula is C10H23N3O5. The van der Waals surface area contributed by atoms with E-state index in [0.29, 0.717) is 25.8 Å². The zero-order chi connectivity index (χ0) is 13.8. The molecule has 8 nitrogen and oxygen atoms in total. The molecule has 1 unspecified atom stereocenters. The molecule has 8 heteroatoms. The number of unbranched alkanes of at least 4 members (excludes halogenated alkanes) is 2. The Morgan fingerprint density at radius 1 is 1.17 bits per heavy atom. The van der Waals surface area contributed by atoms with Crippen LogP contribution in [0.2, 0.25) is 0 Å². The van der Waals surface area contributed by atoms with E-state index in [1.807, 2.05) is 0 Å². The van der Waals surface area contributed by atoms with Crippen LogP contribution in [0, 0.1) is 0 Å². The summed E-state index contributed by atoms with van der Waals surface area (Å²) in [6, 6.07) is -0.599. The van der Waals surface area contributed by atoms with E-state index >= 15 is 0 Å². The molecule has 0 aliphatic heterocycles. The van der Waals surface area contributed by atoms with Gasteiger partial charge in [0.15, 0.2) is 0 Å². The third-order valence-electron chi connectivity index (χ3n) is 2.26. The van der Waals surface area contributed by atoms with E-state index in [1.165, 1.54) is 0 Å². The minimum absolute atomic E-state index is 0.132. The highest BCUT2D eigenvalue weighted by molar-refractivity contribution is 5.75. The van der Waals surface area contributed by atoms with E-state index in [4.69, 9.17) is 26.6 Å². The molecule has 6 N–H and O–H groups in total. The van der Waals surface area contributed by atoms with E-state index in [9.17, 15) is 4.79 Å². The average molecular weight is 265 g/mol. The maximum absolute atomic E-state index is 11.4. The first kappa shape index (κ1) is 17.2. The summed E-state index contributed by atoms with van der Waals surface area (Å²) in [6.07, 6.45) is 3.33. The zero-order valence-electron chi connectivity index (χ0n) is 10.5. The quantitative estimate of drug-likeness (QED) is 0.229. The second-order valence-electron chi connectivity index (χ2n) is 3.85. The molecule has 108 valence electrons. The fraction of sp³-hybridized carbons (Fsp3) is 0.900. The molecule has 0 aliphatic carbocycles. The number of carbonyl (C=O) groups is 1. The van der Waals surface area contributed by atoms with Gasteiger partial charge in [-0.1, -0.05) is 6.42 Å². The summed E-state index contributed by atoms with van der Waals surface area (Å²) < 4.78 is 4.95. The molecule has 0 aliphatic rings. The molecule has 0 saturated carbocycles. The Balaban J connectivity index is 3.40. The average Bonchev–Trinajstić information content (AvgIpc) is 2.33. The number of ether oxygens (including phenoxy) is 1. The summed E-state index contributed by atoms with van der Waals surface area (Å²) >= 11 is 0. The molecule has 0 aromatic carbocycles. The fourth-order valence-electron chi connectivity index (χ4n) is 1.26. The van der Waals surface area contributed by atoms with E-state index < -0.39 is 12.0 Å². The summed E-state index contributed by atoms with van der Waals surface area (Å²) in [5.41, 5.74) is 11.0. The van der Waals surface area contributed by atoms with Crippen LogP contribution in [0.5, 0.6) is 0 Å². The van der Waals surface area contributed by atoms with Gasteiger partial charge < -0.3 is 16.2 Å². The van der Waals surface area contributed by atoms with Crippen molar-refractivity contribution in [2.45, 2.75) is 38.1 Å². The van der Waals surface area contributed by atoms with Gasteiger partial charge in [0, 0.05) is 0 Å². The number of hydrogen-bond donors (Lipinski definition) is 4. The Morgan fingerprint density at radius 2 is 1.83 bits per heavy atom. The van der Waals surface area contributed by atoms with Gasteiger partial charge in [0.25, 0.3) is 0 Å². The summed E-state index contributed by atoms with van der Waals surface area (Å²) in [7, 11) is 0. The Labute approximate surface area is 106 Å². The third kappa shape index (κ3) is 10.4. The number of rotatable bonds is 11. The van der Waals surface area contributed by atoms with Crippen LogP contribution in [0.3, 0.4) is 0 Å². The smallest absolute Gasteiger partial charge is 0.322 e. The van der Waals surface area contributed by atoms with Crippen LogP contribution in [0.4, 0.5) is 0 Å². The maximum atomic E-state index is 11.4. The van der Waals surface area contributed by atoms with Crippen molar-refractivity contribution in [1.29, 1.82) is 0 Å². The molecule has 0 fully saturated rings. The molecule has 0 aromatic heterocycles. The predicted octanol–water partition coefficient (Wildman–Crippen LogP) is -0.222. The van der Waals surface area contributed by atoms with Crippen molar-refractivity contribution in [3.63, 3.8) is 0 Å². The lowest BCUT2D eigenvalue weighted by Gasteiger charge is -2.11. The number of hydrogen-bond acceptors (Lipinski definition) is 8. The van der Waals surface area contributed by atoms with Gasteiger partial charge in [0.05, 0.1) is 18.6 Å². The molecular weight excluding hydrogens is 242 g/mol. The second kappa shape index (κ2) is 11.3. The maximum Gasteiger partial charge on any atom is 0.322 e. The van der Waals surface area contributed by atoms with Crippen molar-refractivity contribution < 1.29 is 24.8 Å². The van der Waals surface area contributed by atoms with Crippen molar-refractivity contribution in [3.05, 3.63) is 0 Å². The topological polar surface area (TPSA) is 131 Å². The number of carbonyl (C=O) groups excluding carboxylic acids is 1. The summed E-state index contributed by atoms with van der Waals surface area (Å²) in [4.78, 5) is 15.7. The first-order valence-corrected chi connectivity index (χ1v) is 6.01. The van der Waals surface area contributed by atoms with E-state index in [2.05, 4.69) is 4.84 Å². The second-order valence-corrected chi connectivity index (χ2v) is 3.85. The Hall–Kier alpha value is -0.770. The summed E-state index contributed by atoms with van der Waals surface area (Å²) in [5.74, 6) is -0.418. The zero-order valence-corrected chi connectivity index (χ0v) is 10.5. The van der Waals surface area contributed by atoms with E-state index in [1.54, 1.807) is 0 Å². The summed E-state index contributed by atoms with van der Waals surface area (Å²) in [5, 5.41) is 16.1. The first-order valence-electron chi connectivity index (χ1n) is 6.01. The molecule has 0 bridgehead atoms. The van der Waals surface area contributed by atoms with Crippen molar-refractivity contribution >= 4 is 5.97 Å². The van der Waals surface area contributed by atoms with Crippen LogP contribution in [-0.2, 0) is 14.4 Å². The number of esters is 1. The lowest BCUT2D eigenvalue weighted by Crippen LogP contribution is -2.32. The van der Waals surface area contributed by atoms with Crippen molar-refractivity contribution in [1.82, 2.24) is 5.39 Å². The van der Waals surface area contributed by atoms with Crippen LogP contribution in [0.15, 0.2) is 0 Å². The first-order chi connectivity index (χ1) is 8.57. The highest BCUT2D eigenvalue weighted by Gasteiger charge is 2.13. The third-order valence-corrected chi connectivity index (χ3v) is 2.26. The molecule has 0 rings (SSSR count). The van der Waals surface area contributed by atoms with Gasteiger partial charge in [0.1, 0.15) is 6.04 Å². The van der Waals surface area contributed by atoms with Gasteiger partial charge >= 0.3 is 5.97 Å². The van der Waals surface area contributed by atoms with E-state index in [-0.39, 0.29) is 18.6 Å². The predicted molar refractivity (Wildman–Crippen MR) is 62.4 cm³/mol. The van der Waals surface area contributed by atoms with Crippen LogP contribution in [-0.4, -0.2) is 47.6 Å². The Morgan fingerprint density at radius 3 is 2.44 bits per heavy atom. The number of nitrogens with zero attached hydrogens (tertiary/aromatic N) is 1. The van der Waals surface area contributed by atoms with Crippen molar-refractivity contribution in [3.8, 4) is 0 Å². The van der Waals surface area contributed by atoms with Gasteiger partial charge in [-0.15, -0.1) is 0 Å². The number of nitrogens with two attached hydrogens (primary N) is 2. The minimum atomic E-state index is -0.599. The van der Waals surface area contributed by atoms with Crippen LogP contribution in [0.1, 0.15) is 32.1 Å². The minimum Gasteiger partial charge on any atom is -0.465 e. The highest BCUT2D eigenvalue weighted by Crippen LogP contribution is 2.01. The molecule has 1 atom stereocenters. The van der Waals surface area contributed by atoms with Crippen LogP contribution >= 0.6 is 0 Å². The fourth-order valence-corrected chi connectivity index (χ4v) is 1.26. The molecule has 0 heterocycles. The Kier molecular flexibility index (Phi) is 10.8. The molecule has 0 amide bonds. The van der Waals surface area contributed by atoms with Gasteiger partial charge in [-0.3, -0.25) is 20.0 Å².